The van der Waals surface area contributed by atoms with E-state index in [1.54, 1.807) is 18.2 Å². The molecule has 4 rings (SSSR count). The number of anilines is 1. The Bertz CT molecular complexity index is 886. The molecule has 2 aromatic carbocycles. The lowest BCUT2D eigenvalue weighted by Gasteiger charge is -2.05. The van der Waals surface area contributed by atoms with Gasteiger partial charge >= 0.3 is 0 Å². The van der Waals surface area contributed by atoms with Gasteiger partial charge in [0.2, 0.25) is 0 Å². The van der Waals surface area contributed by atoms with E-state index in [4.69, 9.17) is 16.3 Å². The number of carbonyl (C=O) groups is 2. The van der Waals surface area contributed by atoms with Crippen LogP contribution in [0.3, 0.4) is 0 Å². The van der Waals surface area contributed by atoms with Crippen molar-refractivity contribution in [3.8, 4) is 0 Å². The third kappa shape index (κ3) is 2.23. The minimum Gasteiger partial charge on any atom is -0.487 e. The topological polar surface area (TPSA) is 55.4 Å². The van der Waals surface area contributed by atoms with Crippen molar-refractivity contribution in [2.45, 2.75) is 13.0 Å². The lowest BCUT2D eigenvalue weighted by molar-refractivity contribution is -0.111. The predicted molar refractivity (Wildman–Crippen MR) is 87.9 cm³/mol. The molecule has 23 heavy (non-hydrogen) atoms. The standard InChI is InChI=1S/C18H12ClNO3/c19-12-2-4-15-14(8-12)16(18(22)20-15)17-13-3-1-10(5-6-21)7-11(13)9-23-17/h1-4,6-8H,5,9H2,(H,20,22). The Hall–Kier alpha value is -2.59. The molecule has 0 saturated heterocycles. The van der Waals surface area contributed by atoms with Crippen LogP contribution in [0.15, 0.2) is 36.4 Å². The molecular weight excluding hydrogens is 314 g/mol. The zero-order chi connectivity index (χ0) is 16.0. The lowest BCUT2D eigenvalue weighted by atomic mass is 9.98. The van der Waals surface area contributed by atoms with E-state index in [0.29, 0.717) is 29.4 Å². The molecule has 1 amide bonds. The van der Waals surface area contributed by atoms with Crippen molar-refractivity contribution in [3.05, 3.63) is 63.7 Å². The number of carbonyl (C=O) groups excluding carboxylic acids is 2. The van der Waals surface area contributed by atoms with E-state index in [1.807, 2.05) is 18.2 Å². The maximum absolute atomic E-state index is 12.4. The monoisotopic (exact) mass is 325 g/mol. The van der Waals surface area contributed by atoms with E-state index >= 15 is 0 Å². The first-order chi connectivity index (χ1) is 11.2. The molecule has 2 aliphatic rings. The summed E-state index contributed by atoms with van der Waals surface area (Å²) >= 11 is 6.06. The first-order valence-corrected chi connectivity index (χ1v) is 7.59. The van der Waals surface area contributed by atoms with Gasteiger partial charge in [-0.1, -0.05) is 29.8 Å². The molecular formula is C18H12ClNO3. The van der Waals surface area contributed by atoms with Crippen molar-refractivity contribution in [1.82, 2.24) is 0 Å². The van der Waals surface area contributed by atoms with Gasteiger partial charge in [0.1, 0.15) is 18.7 Å². The summed E-state index contributed by atoms with van der Waals surface area (Å²) in [5.74, 6) is 0.373. The van der Waals surface area contributed by atoms with Gasteiger partial charge in [-0.2, -0.15) is 0 Å². The van der Waals surface area contributed by atoms with Crippen LogP contribution in [-0.4, -0.2) is 12.2 Å². The number of hydrogen-bond acceptors (Lipinski definition) is 3. The van der Waals surface area contributed by atoms with Crippen LogP contribution >= 0.6 is 11.6 Å². The minimum atomic E-state index is -0.193. The fourth-order valence-corrected chi connectivity index (χ4v) is 3.18. The van der Waals surface area contributed by atoms with E-state index in [-0.39, 0.29) is 5.91 Å². The van der Waals surface area contributed by atoms with E-state index in [0.717, 1.165) is 34.2 Å². The largest absolute Gasteiger partial charge is 0.487 e. The van der Waals surface area contributed by atoms with Crippen molar-refractivity contribution < 1.29 is 14.3 Å². The van der Waals surface area contributed by atoms with Gasteiger partial charge in [-0.3, -0.25) is 4.79 Å². The molecule has 0 aliphatic carbocycles. The highest BCUT2D eigenvalue weighted by atomic mass is 35.5. The second kappa shape index (κ2) is 5.25. The molecule has 0 radical (unpaired) electrons. The minimum absolute atomic E-state index is 0.193. The molecule has 1 N–H and O–H groups in total. The van der Waals surface area contributed by atoms with E-state index in [1.165, 1.54) is 0 Å². The van der Waals surface area contributed by atoms with Crippen molar-refractivity contribution in [2.24, 2.45) is 0 Å². The molecule has 0 spiro atoms. The number of amides is 1. The molecule has 0 saturated carbocycles. The molecule has 2 heterocycles. The van der Waals surface area contributed by atoms with E-state index < -0.39 is 0 Å². The summed E-state index contributed by atoms with van der Waals surface area (Å²) in [6.07, 6.45) is 1.25. The van der Waals surface area contributed by atoms with Crippen molar-refractivity contribution in [1.29, 1.82) is 0 Å². The first kappa shape index (κ1) is 14.0. The average Bonchev–Trinajstić information content (AvgIpc) is 3.07. The second-order valence-electron chi connectivity index (χ2n) is 5.50. The van der Waals surface area contributed by atoms with Gasteiger partial charge in [-0.15, -0.1) is 0 Å². The van der Waals surface area contributed by atoms with Crippen LogP contribution in [0.4, 0.5) is 5.69 Å². The van der Waals surface area contributed by atoms with Crippen LogP contribution in [0.25, 0.3) is 11.3 Å². The first-order valence-electron chi connectivity index (χ1n) is 7.21. The van der Waals surface area contributed by atoms with Crippen molar-refractivity contribution >= 4 is 40.8 Å². The Kier molecular flexibility index (Phi) is 3.20. The molecule has 0 atom stereocenters. The SMILES string of the molecule is O=CCc1ccc2c(c1)COC2=C1C(=O)Nc2ccc(Cl)cc21. The molecule has 114 valence electrons. The van der Waals surface area contributed by atoms with Crippen LogP contribution in [0.2, 0.25) is 5.02 Å². The van der Waals surface area contributed by atoms with Crippen LogP contribution in [0.1, 0.15) is 22.3 Å². The van der Waals surface area contributed by atoms with Crippen LogP contribution in [-0.2, 0) is 27.4 Å². The quantitative estimate of drug-likeness (QED) is 0.680. The summed E-state index contributed by atoms with van der Waals surface area (Å²) in [5.41, 5.74) is 4.80. The van der Waals surface area contributed by atoms with Crippen molar-refractivity contribution in [2.75, 3.05) is 5.32 Å². The highest BCUT2D eigenvalue weighted by Crippen LogP contribution is 2.42. The van der Waals surface area contributed by atoms with Gasteiger partial charge in [0.05, 0.1) is 5.57 Å². The van der Waals surface area contributed by atoms with E-state index in [2.05, 4.69) is 5.32 Å². The normalized spacial score (nSPS) is 18.2. The fourth-order valence-electron chi connectivity index (χ4n) is 3.01. The second-order valence-corrected chi connectivity index (χ2v) is 5.94. The van der Waals surface area contributed by atoms with Crippen molar-refractivity contribution in [3.63, 3.8) is 0 Å². The van der Waals surface area contributed by atoms with Gasteiger partial charge in [-0.05, 0) is 23.8 Å². The molecule has 2 aromatic rings. The Morgan fingerprint density at radius 1 is 1.17 bits per heavy atom. The zero-order valence-corrected chi connectivity index (χ0v) is 12.8. The maximum Gasteiger partial charge on any atom is 0.260 e. The maximum atomic E-state index is 12.4. The van der Waals surface area contributed by atoms with Gasteiger partial charge < -0.3 is 14.8 Å². The smallest absolute Gasteiger partial charge is 0.260 e. The molecule has 0 unspecified atom stereocenters. The molecule has 0 fully saturated rings. The highest BCUT2D eigenvalue weighted by molar-refractivity contribution is 6.37. The molecule has 5 heteroatoms. The molecule has 2 aliphatic heterocycles. The average molecular weight is 326 g/mol. The summed E-state index contributed by atoms with van der Waals surface area (Å²) in [6.45, 7) is 0.393. The molecule has 0 aromatic heterocycles. The van der Waals surface area contributed by atoms with Gasteiger partial charge in [-0.25, -0.2) is 0 Å². The summed E-state index contributed by atoms with van der Waals surface area (Å²) in [6, 6.07) is 11.0. The number of fused-ring (bicyclic) bond motifs is 2. The number of benzene rings is 2. The Labute approximate surface area is 137 Å². The Balaban J connectivity index is 1.87. The van der Waals surface area contributed by atoms with Crippen LogP contribution < -0.4 is 5.32 Å². The number of aldehydes is 1. The summed E-state index contributed by atoms with van der Waals surface area (Å²) in [4.78, 5) is 23.0. The highest BCUT2D eigenvalue weighted by Gasteiger charge is 2.32. The Morgan fingerprint density at radius 2 is 2.04 bits per heavy atom. The summed E-state index contributed by atoms with van der Waals surface area (Å²) in [5, 5.41) is 3.40. The third-order valence-corrected chi connectivity index (χ3v) is 4.29. The fraction of sp³-hybridized carbons (Fsp3) is 0.111. The Morgan fingerprint density at radius 3 is 2.87 bits per heavy atom. The number of ether oxygens (including phenoxy) is 1. The summed E-state index contributed by atoms with van der Waals surface area (Å²) in [7, 11) is 0. The number of rotatable bonds is 2. The third-order valence-electron chi connectivity index (χ3n) is 4.06. The predicted octanol–water partition coefficient (Wildman–Crippen LogP) is 3.43. The number of halogens is 1. The van der Waals surface area contributed by atoms with E-state index in [9.17, 15) is 9.59 Å². The van der Waals surface area contributed by atoms with Gasteiger partial charge in [0, 0.05) is 33.8 Å². The summed E-state index contributed by atoms with van der Waals surface area (Å²) < 4.78 is 5.79. The molecule has 0 bridgehead atoms. The number of nitrogens with one attached hydrogen (secondary N) is 1. The van der Waals surface area contributed by atoms with Gasteiger partial charge in [0.15, 0.2) is 0 Å². The lowest BCUT2D eigenvalue weighted by Crippen LogP contribution is -2.05. The van der Waals surface area contributed by atoms with Gasteiger partial charge in [0.25, 0.3) is 5.91 Å². The van der Waals surface area contributed by atoms with Crippen LogP contribution in [0.5, 0.6) is 0 Å². The zero-order valence-electron chi connectivity index (χ0n) is 12.1. The van der Waals surface area contributed by atoms with Crippen LogP contribution in [0, 0.1) is 0 Å². The number of hydrogen-bond donors (Lipinski definition) is 1. The molecule has 4 nitrogen and oxygen atoms in total.